The summed E-state index contributed by atoms with van der Waals surface area (Å²) in [6.45, 7) is 1.12. The third kappa shape index (κ3) is 4.50. The summed E-state index contributed by atoms with van der Waals surface area (Å²) in [7, 11) is 0. The summed E-state index contributed by atoms with van der Waals surface area (Å²) in [6.07, 6.45) is 0.0578. The van der Waals surface area contributed by atoms with Gasteiger partial charge in [0.25, 0.3) is 0 Å². The average molecular weight is 321 g/mol. The molecule has 6 heteroatoms. The largest absolute Gasteiger partial charge is 0.508 e. The maximum atomic E-state index is 13.7. The number of aromatic hydroxyl groups is 1. The Morgan fingerprint density at radius 3 is 2.43 bits per heavy atom. The van der Waals surface area contributed by atoms with Crippen LogP contribution in [0.5, 0.6) is 5.75 Å². The molecule has 0 spiro atoms. The number of halogens is 2. The van der Waals surface area contributed by atoms with E-state index in [-0.39, 0.29) is 30.2 Å². The van der Waals surface area contributed by atoms with Gasteiger partial charge in [-0.25, -0.2) is 8.78 Å². The molecule has 0 fully saturated rings. The Kier molecular flexibility index (Phi) is 4.95. The number of benzene rings is 2. The number of aliphatic hydroxyl groups is 1. The Bertz CT molecular complexity index is 699. The van der Waals surface area contributed by atoms with E-state index < -0.39 is 17.2 Å². The summed E-state index contributed by atoms with van der Waals surface area (Å²) in [4.78, 5) is 11.9. The quantitative estimate of drug-likeness (QED) is 0.791. The van der Waals surface area contributed by atoms with Gasteiger partial charge in [0.2, 0.25) is 5.91 Å². The highest BCUT2D eigenvalue weighted by atomic mass is 19.1. The Labute approximate surface area is 132 Å². The molecule has 4 nitrogen and oxygen atoms in total. The monoisotopic (exact) mass is 321 g/mol. The van der Waals surface area contributed by atoms with Gasteiger partial charge in [0.05, 0.1) is 13.0 Å². The van der Waals surface area contributed by atoms with Crippen LogP contribution in [-0.4, -0.2) is 22.7 Å². The Morgan fingerprint density at radius 2 is 1.83 bits per heavy atom. The van der Waals surface area contributed by atoms with Crippen molar-refractivity contribution in [2.24, 2.45) is 0 Å². The number of phenols is 1. The summed E-state index contributed by atoms with van der Waals surface area (Å²) in [5, 5.41) is 22.0. The molecule has 0 bridgehead atoms. The zero-order valence-corrected chi connectivity index (χ0v) is 12.5. The van der Waals surface area contributed by atoms with E-state index >= 15 is 0 Å². The first-order chi connectivity index (χ1) is 10.8. The number of hydrogen-bond donors (Lipinski definition) is 3. The molecular weight excluding hydrogens is 304 g/mol. The van der Waals surface area contributed by atoms with Gasteiger partial charge in [-0.15, -0.1) is 0 Å². The van der Waals surface area contributed by atoms with Crippen molar-refractivity contribution in [1.82, 2.24) is 5.32 Å². The summed E-state index contributed by atoms with van der Waals surface area (Å²) in [5.74, 6) is -1.87. The molecule has 2 aromatic rings. The summed E-state index contributed by atoms with van der Waals surface area (Å²) in [5.41, 5.74) is -1.07. The van der Waals surface area contributed by atoms with Gasteiger partial charge in [0.1, 0.15) is 23.0 Å². The molecule has 0 saturated carbocycles. The maximum absolute atomic E-state index is 13.7. The van der Waals surface area contributed by atoms with Crippen LogP contribution in [0.15, 0.2) is 42.5 Å². The first-order valence-corrected chi connectivity index (χ1v) is 7.00. The molecule has 2 aromatic carbocycles. The normalized spacial score (nSPS) is 13.4. The molecule has 1 amide bonds. The van der Waals surface area contributed by atoms with E-state index in [1.807, 2.05) is 0 Å². The van der Waals surface area contributed by atoms with E-state index in [0.717, 1.165) is 12.1 Å². The minimum Gasteiger partial charge on any atom is -0.508 e. The fraction of sp³-hybridized carbons (Fsp3) is 0.235. The van der Waals surface area contributed by atoms with Crippen molar-refractivity contribution < 1.29 is 23.8 Å². The van der Waals surface area contributed by atoms with Crippen molar-refractivity contribution in [3.63, 3.8) is 0 Å². The number of phenolic OH excluding ortho intramolecular Hbond substituents is 1. The van der Waals surface area contributed by atoms with Crippen LogP contribution < -0.4 is 5.32 Å². The lowest BCUT2D eigenvalue weighted by atomic mass is 9.95. The highest BCUT2D eigenvalue weighted by molar-refractivity contribution is 5.78. The lowest BCUT2D eigenvalue weighted by Crippen LogP contribution is -2.39. The summed E-state index contributed by atoms with van der Waals surface area (Å²) >= 11 is 0. The van der Waals surface area contributed by atoms with Crippen LogP contribution in [0.1, 0.15) is 18.1 Å². The van der Waals surface area contributed by atoms with Crippen LogP contribution in [0.25, 0.3) is 0 Å². The second-order valence-corrected chi connectivity index (χ2v) is 5.52. The number of amides is 1. The molecule has 0 saturated heterocycles. The molecule has 0 radical (unpaired) electrons. The zero-order valence-electron chi connectivity index (χ0n) is 12.5. The molecule has 122 valence electrons. The molecule has 0 aliphatic carbocycles. The van der Waals surface area contributed by atoms with Gasteiger partial charge in [-0.3, -0.25) is 4.79 Å². The summed E-state index contributed by atoms with van der Waals surface area (Å²) in [6, 6.07) is 9.02. The highest BCUT2D eigenvalue weighted by Crippen LogP contribution is 2.23. The van der Waals surface area contributed by atoms with E-state index in [1.54, 1.807) is 12.1 Å². The number of carbonyl (C=O) groups excluding carboxylic acids is 1. The molecule has 0 aliphatic heterocycles. The topological polar surface area (TPSA) is 69.6 Å². The first kappa shape index (κ1) is 16.9. The van der Waals surface area contributed by atoms with Crippen LogP contribution in [0.4, 0.5) is 8.78 Å². The van der Waals surface area contributed by atoms with Gasteiger partial charge in [-0.05, 0) is 30.7 Å². The maximum Gasteiger partial charge on any atom is 0.224 e. The van der Waals surface area contributed by atoms with Crippen LogP contribution >= 0.6 is 0 Å². The Balaban J connectivity index is 1.98. The Hall–Kier alpha value is -2.47. The van der Waals surface area contributed by atoms with Gasteiger partial charge in [0.15, 0.2) is 0 Å². The van der Waals surface area contributed by atoms with Gasteiger partial charge in [-0.2, -0.15) is 0 Å². The van der Waals surface area contributed by atoms with Crippen molar-refractivity contribution in [2.75, 3.05) is 6.54 Å². The van der Waals surface area contributed by atoms with Crippen molar-refractivity contribution in [2.45, 2.75) is 18.9 Å². The molecule has 0 heterocycles. The fourth-order valence-corrected chi connectivity index (χ4v) is 2.15. The molecule has 23 heavy (non-hydrogen) atoms. The lowest BCUT2D eigenvalue weighted by Gasteiger charge is -2.24. The third-order valence-electron chi connectivity index (χ3n) is 3.44. The first-order valence-electron chi connectivity index (χ1n) is 7.00. The van der Waals surface area contributed by atoms with Crippen molar-refractivity contribution in [3.05, 3.63) is 65.2 Å². The van der Waals surface area contributed by atoms with Crippen molar-refractivity contribution in [3.8, 4) is 5.75 Å². The molecule has 3 N–H and O–H groups in total. The third-order valence-corrected chi connectivity index (χ3v) is 3.44. The van der Waals surface area contributed by atoms with Gasteiger partial charge < -0.3 is 15.5 Å². The van der Waals surface area contributed by atoms with Crippen molar-refractivity contribution in [1.29, 1.82) is 0 Å². The SMILES string of the molecule is CC(O)(CNC(=O)Cc1ccc(O)cc1)c1ccc(F)cc1F. The van der Waals surface area contributed by atoms with E-state index in [9.17, 15) is 23.8 Å². The Morgan fingerprint density at radius 1 is 1.17 bits per heavy atom. The summed E-state index contributed by atoms with van der Waals surface area (Å²) < 4.78 is 26.6. The lowest BCUT2D eigenvalue weighted by molar-refractivity contribution is -0.121. The van der Waals surface area contributed by atoms with Crippen LogP contribution in [0.2, 0.25) is 0 Å². The predicted octanol–water partition coefficient (Wildman–Crippen LogP) is 2.24. The van der Waals surface area contributed by atoms with Gasteiger partial charge >= 0.3 is 0 Å². The molecule has 0 aromatic heterocycles. The number of carbonyl (C=O) groups is 1. The number of hydrogen-bond acceptors (Lipinski definition) is 3. The van der Waals surface area contributed by atoms with Crippen LogP contribution in [0.3, 0.4) is 0 Å². The average Bonchev–Trinajstić information content (AvgIpc) is 2.47. The molecule has 2 rings (SSSR count). The fourth-order valence-electron chi connectivity index (χ4n) is 2.15. The minimum atomic E-state index is -1.66. The zero-order chi connectivity index (χ0) is 17.0. The molecular formula is C17H17F2NO3. The minimum absolute atomic E-state index is 0.0578. The van der Waals surface area contributed by atoms with E-state index in [4.69, 9.17) is 0 Å². The van der Waals surface area contributed by atoms with E-state index in [1.165, 1.54) is 19.1 Å². The highest BCUT2D eigenvalue weighted by Gasteiger charge is 2.27. The van der Waals surface area contributed by atoms with E-state index in [0.29, 0.717) is 11.6 Å². The second kappa shape index (κ2) is 6.75. The number of rotatable bonds is 5. The van der Waals surface area contributed by atoms with Crippen molar-refractivity contribution >= 4 is 5.91 Å². The molecule has 1 atom stereocenters. The van der Waals surface area contributed by atoms with Gasteiger partial charge in [0, 0.05) is 11.6 Å². The van der Waals surface area contributed by atoms with Crippen LogP contribution in [0, 0.1) is 11.6 Å². The van der Waals surface area contributed by atoms with Gasteiger partial charge in [-0.1, -0.05) is 18.2 Å². The molecule has 0 aliphatic rings. The predicted molar refractivity (Wildman–Crippen MR) is 80.7 cm³/mol. The standard InChI is InChI=1S/C17H17F2NO3/c1-17(23,14-7-4-12(18)9-15(14)19)10-20-16(22)8-11-2-5-13(21)6-3-11/h2-7,9,21,23H,8,10H2,1H3,(H,20,22). The molecule has 1 unspecified atom stereocenters. The second-order valence-electron chi connectivity index (χ2n) is 5.52. The van der Waals surface area contributed by atoms with Crippen LogP contribution in [-0.2, 0) is 16.8 Å². The smallest absolute Gasteiger partial charge is 0.224 e. The van der Waals surface area contributed by atoms with E-state index in [2.05, 4.69) is 5.32 Å². The number of nitrogens with one attached hydrogen (secondary N) is 1.